The van der Waals surface area contributed by atoms with Crippen LogP contribution >= 0.6 is 11.6 Å². The highest BCUT2D eigenvalue weighted by Gasteiger charge is 2.02. The van der Waals surface area contributed by atoms with Gasteiger partial charge in [-0.1, -0.05) is 16.8 Å². The van der Waals surface area contributed by atoms with E-state index in [4.69, 9.17) is 16.9 Å². The van der Waals surface area contributed by atoms with E-state index in [0.717, 1.165) is 5.69 Å². The van der Waals surface area contributed by atoms with E-state index in [1.165, 1.54) is 6.39 Å². The summed E-state index contributed by atoms with van der Waals surface area (Å²) in [5.74, 6) is 0.556. The fourth-order valence-electron chi connectivity index (χ4n) is 1.17. The highest BCUT2D eigenvalue weighted by molar-refractivity contribution is 6.32. The first-order valence-corrected chi connectivity index (χ1v) is 4.86. The average Bonchev–Trinajstić information content (AvgIpc) is 2.79. The summed E-state index contributed by atoms with van der Waals surface area (Å²) >= 11 is 5.88. The second-order valence-corrected chi connectivity index (χ2v) is 3.41. The predicted molar refractivity (Wildman–Crippen MR) is 57.8 cm³/mol. The summed E-state index contributed by atoms with van der Waals surface area (Å²) in [4.78, 5) is 3.86. The van der Waals surface area contributed by atoms with Crippen LogP contribution in [-0.4, -0.2) is 10.1 Å². The lowest BCUT2D eigenvalue weighted by molar-refractivity contribution is 0.411. The second kappa shape index (κ2) is 4.64. The molecule has 0 saturated carbocycles. The van der Waals surface area contributed by atoms with Gasteiger partial charge in [-0.3, -0.25) is 0 Å². The summed E-state index contributed by atoms with van der Waals surface area (Å²) in [5.41, 5.74) is 1.25. The molecular formula is C10H7ClN4O. The van der Waals surface area contributed by atoms with Gasteiger partial charge in [-0.25, -0.2) is 0 Å². The van der Waals surface area contributed by atoms with Crippen molar-refractivity contribution in [2.24, 2.45) is 0 Å². The molecule has 0 unspecified atom stereocenters. The smallest absolute Gasteiger partial charge is 0.213 e. The Morgan fingerprint density at radius 2 is 2.38 bits per heavy atom. The van der Waals surface area contributed by atoms with Crippen LogP contribution in [0.2, 0.25) is 5.02 Å². The number of benzene rings is 1. The molecule has 0 atom stereocenters. The van der Waals surface area contributed by atoms with Crippen LogP contribution in [0.1, 0.15) is 11.4 Å². The highest BCUT2D eigenvalue weighted by Crippen LogP contribution is 2.20. The van der Waals surface area contributed by atoms with E-state index in [0.29, 0.717) is 23.0 Å². The quantitative estimate of drug-likeness (QED) is 0.881. The number of rotatable bonds is 3. The molecule has 2 aromatic rings. The predicted octanol–water partition coefficient (Wildman–Crippen LogP) is 2.21. The molecule has 80 valence electrons. The van der Waals surface area contributed by atoms with Crippen LogP contribution < -0.4 is 5.32 Å². The Labute approximate surface area is 96.6 Å². The molecule has 0 spiro atoms. The molecule has 0 aliphatic heterocycles. The van der Waals surface area contributed by atoms with Crippen molar-refractivity contribution in [1.29, 1.82) is 5.26 Å². The molecule has 0 aliphatic carbocycles. The lowest BCUT2D eigenvalue weighted by Gasteiger charge is -2.04. The van der Waals surface area contributed by atoms with Gasteiger partial charge in [0, 0.05) is 5.69 Å². The van der Waals surface area contributed by atoms with Gasteiger partial charge in [-0.05, 0) is 18.2 Å². The van der Waals surface area contributed by atoms with E-state index in [1.54, 1.807) is 18.2 Å². The number of anilines is 1. The zero-order valence-corrected chi connectivity index (χ0v) is 8.90. The molecule has 0 bridgehead atoms. The first kappa shape index (κ1) is 10.5. The Kier molecular flexibility index (Phi) is 3.03. The van der Waals surface area contributed by atoms with Crippen LogP contribution in [0.4, 0.5) is 5.69 Å². The summed E-state index contributed by atoms with van der Waals surface area (Å²) in [5, 5.41) is 15.8. The van der Waals surface area contributed by atoms with Gasteiger partial charge in [0.1, 0.15) is 6.07 Å². The van der Waals surface area contributed by atoms with Crippen molar-refractivity contribution in [3.8, 4) is 6.07 Å². The molecule has 0 saturated heterocycles. The number of hydrogen-bond acceptors (Lipinski definition) is 5. The Bertz CT molecular complexity index is 518. The average molecular weight is 235 g/mol. The molecule has 1 aromatic heterocycles. The summed E-state index contributed by atoms with van der Waals surface area (Å²) in [7, 11) is 0. The maximum atomic E-state index is 8.70. The fourth-order valence-corrected chi connectivity index (χ4v) is 1.39. The lowest BCUT2D eigenvalue weighted by Crippen LogP contribution is -2.01. The zero-order chi connectivity index (χ0) is 11.4. The third-order valence-electron chi connectivity index (χ3n) is 1.95. The van der Waals surface area contributed by atoms with Crippen LogP contribution in [0, 0.1) is 11.3 Å². The number of aromatic nitrogens is 2. The third kappa shape index (κ3) is 2.30. The van der Waals surface area contributed by atoms with Crippen molar-refractivity contribution in [2.75, 3.05) is 5.32 Å². The Hall–Kier alpha value is -2.06. The summed E-state index contributed by atoms with van der Waals surface area (Å²) < 4.78 is 4.59. The van der Waals surface area contributed by atoms with Crippen LogP contribution in [0.25, 0.3) is 0 Å². The maximum Gasteiger partial charge on any atom is 0.213 e. The van der Waals surface area contributed by atoms with E-state index < -0.39 is 0 Å². The minimum absolute atomic E-state index is 0.417. The number of nitrogens with one attached hydrogen (secondary N) is 1. The SMILES string of the molecule is N#Cc1ccc(NCc2ncon2)cc1Cl. The van der Waals surface area contributed by atoms with E-state index in [1.807, 2.05) is 6.07 Å². The number of halogens is 1. The Morgan fingerprint density at radius 1 is 1.50 bits per heavy atom. The maximum absolute atomic E-state index is 8.70. The van der Waals surface area contributed by atoms with Gasteiger partial charge >= 0.3 is 0 Å². The van der Waals surface area contributed by atoms with Crippen LogP contribution in [0.5, 0.6) is 0 Å². The molecule has 1 aromatic carbocycles. The van der Waals surface area contributed by atoms with Crippen molar-refractivity contribution in [3.05, 3.63) is 41.0 Å². The molecule has 0 fully saturated rings. The molecule has 5 nitrogen and oxygen atoms in total. The molecular weight excluding hydrogens is 228 g/mol. The molecule has 0 amide bonds. The zero-order valence-electron chi connectivity index (χ0n) is 8.14. The van der Waals surface area contributed by atoms with Gasteiger partial charge in [0.15, 0.2) is 5.82 Å². The summed E-state index contributed by atoms with van der Waals surface area (Å²) in [6.45, 7) is 0.443. The molecule has 2 rings (SSSR count). The van der Waals surface area contributed by atoms with Crippen molar-refractivity contribution in [2.45, 2.75) is 6.54 Å². The molecule has 1 N–H and O–H groups in total. The first-order valence-electron chi connectivity index (χ1n) is 4.48. The van der Waals surface area contributed by atoms with Crippen molar-refractivity contribution in [3.63, 3.8) is 0 Å². The van der Waals surface area contributed by atoms with Gasteiger partial charge in [-0.2, -0.15) is 10.2 Å². The number of hydrogen-bond donors (Lipinski definition) is 1. The fraction of sp³-hybridized carbons (Fsp3) is 0.100. The first-order chi connectivity index (χ1) is 7.79. The standard InChI is InChI=1S/C10H7ClN4O/c11-9-3-8(2-1-7(9)4-12)13-5-10-14-6-16-15-10/h1-3,6,13H,5H2. The van der Waals surface area contributed by atoms with Crippen molar-refractivity contribution in [1.82, 2.24) is 10.1 Å². The second-order valence-electron chi connectivity index (χ2n) is 3.01. The van der Waals surface area contributed by atoms with Crippen molar-refractivity contribution < 1.29 is 4.52 Å². The monoisotopic (exact) mass is 234 g/mol. The summed E-state index contributed by atoms with van der Waals surface area (Å²) in [6.07, 6.45) is 1.27. The number of nitrogens with zero attached hydrogens (tertiary/aromatic N) is 3. The van der Waals surface area contributed by atoms with Crippen LogP contribution in [-0.2, 0) is 6.54 Å². The molecule has 1 heterocycles. The minimum Gasteiger partial charge on any atom is -0.378 e. The van der Waals surface area contributed by atoms with E-state index in [2.05, 4.69) is 20.0 Å². The minimum atomic E-state index is 0.417. The normalized spacial score (nSPS) is 9.75. The van der Waals surface area contributed by atoms with Gasteiger partial charge in [0.2, 0.25) is 6.39 Å². The van der Waals surface area contributed by atoms with Gasteiger partial charge < -0.3 is 9.84 Å². The number of nitriles is 1. The highest BCUT2D eigenvalue weighted by atomic mass is 35.5. The molecule has 6 heteroatoms. The largest absolute Gasteiger partial charge is 0.378 e. The topological polar surface area (TPSA) is 74.7 Å². The van der Waals surface area contributed by atoms with Gasteiger partial charge in [0.25, 0.3) is 0 Å². The van der Waals surface area contributed by atoms with E-state index >= 15 is 0 Å². The molecule has 16 heavy (non-hydrogen) atoms. The molecule has 0 radical (unpaired) electrons. The third-order valence-corrected chi connectivity index (χ3v) is 2.26. The van der Waals surface area contributed by atoms with Crippen LogP contribution in [0.3, 0.4) is 0 Å². The Morgan fingerprint density at radius 3 is 3.00 bits per heavy atom. The molecule has 0 aliphatic rings. The Balaban J connectivity index is 2.06. The van der Waals surface area contributed by atoms with Gasteiger partial charge in [-0.15, -0.1) is 0 Å². The van der Waals surface area contributed by atoms with Crippen molar-refractivity contribution >= 4 is 17.3 Å². The van der Waals surface area contributed by atoms with E-state index in [9.17, 15) is 0 Å². The van der Waals surface area contributed by atoms with Crippen LogP contribution in [0.15, 0.2) is 29.1 Å². The van der Waals surface area contributed by atoms with E-state index in [-0.39, 0.29) is 0 Å². The van der Waals surface area contributed by atoms with Gasteiger partial charge in [0.05, 0.1) is 17.1 Å². The summed E-state index contributed by atoms with van der Waals surface area (Å²) in [6, 6.07) is 7.10. The lowest BCUT2D eigenvalue weighted by atomic mass is 10.2.